The van der Waals surface area contributed by atoms with Crippen molar-refractivity contribution in [3.63, 3.8) is 0 Å². The molecule has 6 aromatic rings. The first-order valence-corrected chi connectivity index (χ1v) is 20.3. The van der Waals surface area contributed by atoms with Crippen molar-refractivity contribution in [1.82, 2.24) is 0 Å². The maximum absolute atomic E-state index is 2.47. The summed E-state index contributed by atoms with van der Waals surface area (Å²) in [6, 6.07) is 41.9. The average Bonchev–Trinajstić information content (AvgIpc) is 3.75. The van der Waals surface area contributed by atoms with Crippen molar-refractivity contribution in [2.45, 2.75) is 115 Å². The van der Waals surface area contributed by atoms with Crippen molar-refractivity contribution in [3.05, 3.63) is 131 Å². The smallest absolute Gasteiger partial charge is 1.00 e. The largest absolute Gasteiger partial charge is 4.00 e. The van der Waals surface area contributed by atoms with Crippen molar-refractivity contribution < 1.29 is 51.0 Å². The van der Waals surface area contributed by atoms with Crippen molar-refractivity contribution in [2.75, 3.05) is 0 Å². The Morgan fingerprint density at radius 1 is 0.593 bits per heavy atom. The zero-order valence-electron chi connectivity index (χ0n) is 32.7. The van der Waals surface area contributed by atoms with Gasteiger partial charge in [-0.25, -0.2) is 0 Å². The van der Waals surface area contributed by atoms with Crippen LogP contribution in [-0.2, 0) is 37.0 Å². The molecule has 0 heterocycles. The van der Waals surface area contributed by atoms with Crippen molar-refractivity contribution in [3.8, 4) is 22.3 Å². The first kappa shape index (κ1) is 41.2. The van der Waals surface area contributed by atoms with Gasteiger partial charge in [0, 0.05) is 0 Å². The Kier molecular flexibility index (Phi) is 12.6. The molecule has 0 aromatic heterocycles. The summed E-state index contributed by atoms with van der Waals surface area (Å²) >= 11 is 0. The summed E-state index contributed by atoms with van der Waals surface area (Å²) in [5.74, 6) is 3.82. The van der Waals surface area contributed by atoms with E-state index in [0.717, 1.165) is 23.7 Å². The van der Waals surface area contributed by atoms with E-state index >= 15 is 0 Å². The van der Waals surface area contributed by atoms with E-state index in [4.69, 9.17) is 0 Å². The quantitative estimate of drug-likeness (QED) is 0.156. The Hall–Kier alpha value is -2.44. The fourth-order valence-corrected chi connectivity index (χ4v) is 11.4. The van der Waals surface area contributed by atoms with Gasteiger partial charge >= 0.3 is 26.2 Å². The van der Waals surface area contributed by atoms with Gasteiger partial charge in [-0.2, -0.15) is 12.1 Å². The van der Waals surface area contributed by atoms with Crippen LogP contribution in [0.15, 0.2) is 109 Å². The Morgan fingerprint density at radius 3 is 1.63 bits per heavy atom. The van der Waals surface area contributed by atoms with Crippen LogP contribution >= 0.6 is 0 Å². The molecule has 0 nitrogen and oxygen atoms in total. The minimum absolute atomic E-state index is 0. The first-order valence-electron chi connectivity index (χ1n) is 20.3. The third kappa shape index (κ3) is 8.04. The van der Waals surface area contributed by atoms with E-state index in [-0.39, 0.29) is 56.4 Å². The summed E-state index contributed by atoms with van der Waals surface area (Å²) in [5.41, 5.74) is 12.1. The van der Waals surface area contributed by atoms with Gasteiger partial charge in [-0.1, -0.05) is 119 Å². The molecule has 5 fully saturated rings. The van der Waals surface area contributed by atoms with Crippen LogP contribution in [0.3, 0.4) is 0 Å². The zero-order chi connectivity index (χ0) is 34.7. The van der Waals surface area contributed by atoms with Crippen molar-refractivity contribution in [1.29, 1.82) is 0 Å². The molecule has 54 heavy (non-hydrogen) atoms. The fourth-order valence-electron chi connectivity index (χ4n) is 11.4. The van der Waals surface area contributed by atoms with E-state index in [1.165, 1.54) is 126 Å². The second-order valence-electron chi connectivity index (χ2n) is 18.4. The molecule has 5 aliphatic rings. The summed E-state index contributed by atoms with van der Waals surface area (Å²) in [5, 5.41) is 5.59. The molecule has 0 unspecified atom stereocenters. The maximum Gasteiger partial charge on any atom is 4.00 e. The molecule has 0 N–H and O–H groups in total. The van der Waals surface area contributed by atoms with Gasteiger partial charge in [-0.3, -0.25) is 0 Å². The van der Waals surface area contributed by atoms with Gasteiger partial charge in [0.1, 0.15) is 0 Å². The molecule has 0 amide bonds. The number of rotatable bonds is 4. The maximum atomic E-state index is 2.47. The molecule has 11 rings (SSSR count). The Bertz CT molecular complexity index is 2110. The molecule has 0 saturated heterocycles. The van der Waals surface area contributed by atoms with Crippen LogP contribution in [-0.4, -0.2) is 0 Å². The predicted molar refractivity (Wildman–Crippen MR) is 219 cm³/mol. The zero-order valence-corrected chi connectivity index (χ0v) is 36.7. The molecular weight excluding hydrogens is 775 g/mol. The van der Waals surface area contributed by atoms with E-state index in [1.54, 1.807) is 11.1 Å². The third-order valence-electron chi connectivity index (χ3n) is 13.7. The standard InChI is InChI=1S/C26H27.C25H29.2ClH.Zr/c1-17-9-22-3-2-4-24(25(22)10-17)21-5-7-23(8-6-21)26-14-18-11-19(15-26)13-20(12-18)16-26;1-25(2,3)22-14-12-19(13-15-22)23-11-7-10-20-16-21(17-24(20)23)18-8-5-4-6-9-18;;;/h2-10,18-20H,11-16H2,1H3;7,10-18H,4-6,8-9H2,1-3H3;2*1H;/q2*-1;;;+4/p-2. The van der Waals surface area contributed by atoms with Gasteiger partial charge in [0.05, 0.1) is 0 Å². The predicted octanol–water partition coefficient (Wildman–Crippen LogP) is 8.58. The average molecular weight is 831 g/mol. The number of benzene rings is 4. The summed E-state index contributed by atoms with van der Waals surface area (Å²) in [4.78, 5) is 0. The first-order chi connectivity index (χ1) is 24.7. The molecule has 3 heteroatoms. The minimum atomic E-state index is 0. The van der Waals surface area contributed by atoms with E-state index < -0.39 is 0 Å². The third-order valence-corrected chi connectivity index (χ3v) is 13.7. The topological polar surface area (TPSA) is 0 Å². The van der Waals surface area contributed by atoms with Gasteiger partial charge in [0.15, 0.2) is 0 Å². The molecule has 4 bridgehead atoms. The minimum Gasteiger partial charge on any atom is -1.00 e. The molecule has 5 saturated carbocycles. The normalized spacial score (nSPS) is 23.2. The molecule has 0 aliphatic heterocycles. The van der Waals surface area contributed by atoms with Crippen molar-refractivity contribution >= 4 is 21.5 Å². The number of fused-ring (bicyclic) bond motifs is 2. The number of halogens is 2. The Morgan fingerprint density at radius 2 is 1.09 bits per heavy atom. The van der Waals surface area contributed by atoms with E-state index in [0.29, 0.717) is 5.41 Å². The Labute approximate surface area is 356 Å². The number of hydrogen-bond donors (Lipinski definition) is 0. The Balaban J connectivity index is 0.000000175. The molecule has 5 aliphatic carbocycles. The van der Waals surface area contributed by atoms with Gasteiger partial charge in [-0.15, -0.1) is 69.1 Å². The van der Waals surface area contributed by atoms with Crippen LogP contribution in [0.2, 0.25) is 0 Å². The van der Waals surface area contributed by atoms with Crippen LogP contribution in [0.5, 0.6) is 0 Å². The van der Waals surface area contributed by atoms with Crippen LogP contribution < -0.4 is 24.8 Å². The van der Waals surface area contributed by atoms with Gasteiger partial charge in [0.25, 0.3) is 0 Å². The molecular formula is C51H56Cl2Zr. The summed E-state index contributed by atoms with van der Waals surface area (Å²) < 4.78 is 0. The summed E-state index contributed by atoms with van der Waals surface area (Å²) in [6.45, 7) is 9.02. The van der Waals surface area contributed by atoms with Gasteiger partial charge in [0.2, 0.25) is 0 Å². The monoisotopic (exact) mass is 828 g/mol. The summed E-state index contributed by atoms with van der Waals surface area (Å²) in [7, 11) is 0. The van der Waals surface area contributed by atoms with Gasteiger partial charge < -0.3 is 24.8 Å². The number of hydrogen-bond acceptors (Lipinski definition) is 0. The van der Waals surface area contributed by atoms with Crippen molar-refractivity contribution in [2.24, 2.45) is 17.8 Å². The SMILES string of the molecule is CC(C)(C)c1ccc(-c2cccc3[cH-]c(C4CCCCC4)cc23)cc1.Cc1cc2c(-c3ccc(C45CC6CC(CC(C6)C4)C5)cc3)cccc2[cH-]1.[Cl-].[Cl-].[Zr+4]. The fraction of sp³-hybridized carbons (Fsp3) is 0.412. The van der Waals surface area contributed by atoms with Crippen LogP contribution in [0.25, 0.3) is 43.8 Å². The van der Waals surface area contributed by atoms with Crippen LogP contribution in [0, 0.1) is 24.7 Å². The number of aryl methyl sites for hydroxylation is 1. The van der Waals surface area contributed by atoms with Gasteiger partial charge in [-0.05, 0) is 108 Å². The second-order valence-corrected chi connectivity index (χ2v) is 18.4. The second kappa shape index (κ2) is 16.6. The molecule has 0 spiro atoms. The van der Waals surface area contributed by atoms with E-state index in [1.807, 2.05) is 0 Å². The summed E-state index contributed by atoms with van der Waals surface area (Å²) in [6.07, 6.45) is 15.9. The van der Waals surface area contributed by atoms with Crippen LogP contribution in [0.4, 0.5) is 0 Å². The van der Waals surface area contributed by atoms with E-state index in [2.05, 4.69) is 137 Å². The molecule has 6 aromatic carbocycles. The van der Waals surface area contributed by atoms with E-state index in [9.17, 15) is 0 Å². The van der Waals surface area contributed by atoms with Crippen LogP contribution in [0.1, 0.15) is 120 Å². The molecule has 0 radical (unpaired) electrons. The molecule has 0 atom stereocenters. The molecule has 278 valence electrons.